The van der Waals surface area contributed by atoms with Gasteiger partial charge < -0.3 is 9.42 Å². The first-order valence-corrected chi connectivity index (χ1v) is 7.14. The quantitative estimate of drug-likeness (QED) is 0.862. The molecule has 0 bridgehead atoms. The number of aryl methyl sites for hydroxylation is 1. The van der Waals surface area contributed by atoms with Gasteiger partial charge in [0.1, 0.15) is 0 Å². The van der Waals surface area contributed by atoms with Gasteiger partial charge in [-0.25, -0.2) is 0 Å². The Kier molecular flexibility index (Phi) is 4.76. The minimum atomic E-state index is -0.0986. The van der Waals surface area contributed by atoms with E-state index < -0.39 is 0 Å². The number of nitrogens with one attached hydrogen (secondary N) is 1. The average Bonchev–Trinajstić information content (AvgIpc) is 2.98. The monoisotopic (exact) mass is 279 g/mol. The fourth-order valence-corrected chi connectivity index (χ4v) is 2.38. The van der Waals surface area contributed by atoms with Crippen LogP contribution in [-0.2, 0) is 16.0 Å². The molecular formula is C14H21N3O3. The zero-order valence-corrected chi connectivity index (χ0v) is 12.1. The number of rotatable bonds is 6. The van der Waals surface area contributed by atoms with Crippen LogP contribution in [0, 0.1) is 6.92 Å². The van der Waals surface area contributed by atoms with E-state index in [1.807, 2.05) is 18.7 Å². The van der Waals surface area contributed by atoms with Crippen molar-refractivity contribution < 1.29 is 14.1 Å². The van der Waals surface area contributed by atoms with Crippen molar-refractivity contribution in [3.05, 3.63) is 11.3 Å². The minimum absolute atomic E-state index is 0.0986. The van der Waals surface area contributed by atoms with Crippen molar-refractivity contribution in [1.29, 1.82) is 0 Å². The Morgan fingerprint density at radius 3 is 2.90 bits per heavy atom. The summed E-state index contributed by atoms with van der Waals surface area (Å²) < 4.78 is 5.11. The fourth-order valence-electron chi connectivity index (χ4n) is 2.38. The molecule has 20 heavy (non-hydrogen) atoms. The first kappa shape index (κ1) is 14.6. The van der Waals surface area contributed by atoms with Gasteiger partial charge in [-0.1, -0.05) is 12.1 Å². The van der Waals surface area contributed by atoms with Crippen LogP contribution in [0.15, 0.2) is 4.52 Å². The summed E-state index contributed by atoms with van der Waals surface area (Å²) in [5, 5.41) is 6.63. The van der Waals surface area contributed by atoms with Crippen LogP contribution in [0.5, 0.6) is 0 Å². The highest BCUT2D eigenvalue weighted by molar-refractivity contribution is 5.90. The maximum Gasteiger partial charge on any atom is 0.234 e. The zero-order valence-electron chi connectivity index (χ0n) is 12.1. The molecule has 1 fully saturated rings. The van der Waals surface area contributed by atoms with E-state index in [2.05, 4.69) is 10.5 Å². The van der Waals surface area contributed by atoms with Crippen LogP contribution in [0.2, 0.25) is 0 Å². The van der Waals surface area contributed by atoms with Crippen LogP contribution < -0.4 is 5.32 Å². The van der Waals surface area contributed by atoms with E-state index in [-0.39, 0.29) is 11.8 Å². The lowest BCUT2D eigenvalue weighted by Gasteiger charge is -2.14. The molecule has 1 aromatic rings. The molecule has 0 aliphatic carbocycles. The average molecular weight is 279 g/mol. The van der Waals surface area contributed by atoms with E-state index >= 15 is 0 Å². The molecule has 1 aliphatic rings. The number of nitrogens with zero attached hydrogens (tertiary/aromatic N) is 2. The molecule has 1 aliphatic heterocycles. The van der Waals surface area contributed by atoms with E-state index in [4.69, 9.17) is 4.52 Å². The number of aromatic nitrogens is 1. The molecule has 0 spiro atoms. The Morgan fingerprint density at radius 2 is 2.30 bits per heavy atom. The van der Waals surface area contributed by atoms with Crippen LogP contribution in [-0.4, -0.2) is 35.0 Å². The van der Waals surface area contributed by atoms with Crippen molar-refractivity contribution in [3.8, 4) is 0 Å². The van der Waals surface area contributed by atoms with Gasteiger partial charge in [0.05, 0.1) is 5.69 Å². The van der Waals surface area contributed by atoms with E-state index in [0.29, 0.717) is 31.7 Å². The van der Waals surface area contributed by atoms with Gasteiger partial charge in [0.15, 0.2) is 0 Å². The van der Waals surface area contributed by atoms with Gasteiger partial charge in [-0.15, -0.1) is 0 Å². The van der Waals surface area contributed by atoms with Gasteiger partial charge in [-0.2, -0.15) is 0 Å². The van der Waals surface area contributed by atoms with Crippen molar-refractivity contribution in [3.63, 3.8) is 0 Å². The fraction of sp³-hybridized carbons (Fsp3) is 0.643. The van der Waals surface area contributed by atoms with Crippen LogP contribution >= 0.6 is 0 Å². The first-order valence-electron chi connectivity index (χ1n) is 7.14. The summed E-state index contributed by atoms with van der Waals surface area (Å²) in [6, 6.07) is 0. The van der Waals surface area contributed by atoms with Crippen LogP contribution in [0.25, 0.3) is 0 Å². The predicted octanol–water partition coefficient (Wildman–Crippen LogP) is 1.89. The first-order chi connectivity index (χ1) is 9.61. The highest BCUT2D eigenvalue weighted by Gasteiger charge is 2.20. The topological polar surface area (TPSA) is 75.4 Å². The normalized spacial score (nSPS) is 14.9. The lowest BCUT2D eigenvalue weighted by molar-refractivity contribution is -0.128. The lowest BCUT2D eigenvalue weighted by Crippen LogP contribution is -2.26. The molecule has 1 aromatic heterocycles. The molecule has 110 valence electrons. The van der Waals surface area contributed by atoms with Crippen LogP contribution in [0.3, 0.4) is 0 Å². The Labute approximate surface area is 118 Å². The zero-order chi connectivity index (χ0) is 14.5. The minimum Gasteiger partial charge on any atom is -0.343 e. The van der Waals surface area contributed by atoms with Gasteiger partial charge in [-0.05, 0) is 26.2 Å². The second-order valence-electron chi connectivity index (χ2n) is 5.07. The second-order valence-corrected chi connectivity index (χ2v) is 5.07. The number of amides is 2. The van der Waals surface area contributed by atoms with Gasteiger partial charge >= 0.3 is 0 Å². The third-order valence-electron chi connectivity index (χ3n) is 3.61. The SMILES string of the molecule is CCc1noc(NC(=O)CCCN2CCCC2=O)c1C. The predicted molar refractivity (Wildman–Crippen MR) is 74.3 cm³/mol. The van der Waals surface area contributed by atoms with Crippen molar-refractivity contribution >= 4 is 17.7 Å². The number of anilines is 1. The Morgan fingerprint density at radius 1 is 1.50 bits per heavy atom. The van der Waals surface area contributed by atoms with Gasteiger partial charge in [0.25, 0.3) is 0 Å². The Balaban J connectivity index is 1.75. The van der Waals surface area contributed by atoms with Gasteiger partial charge in [0.2, 0.25) is 17.7 Å². The van der Waals surface area contributed by atoms with Crippen LogP contribution in [0.1, 0.15) is 43.9 Å². The number of carbonyl (C=O) groups excluding carboxylic acids is 2. The third kappa shape index (κ3) is 3.37. The number of likely N-dealkylation sites (tertiary alicyclic amines) is 1. The van der Waals surface area contributed by atoms with E-state index in [1.54, 1.807) is 0 Å². The van der Waals surface area contributed by atoms with Crippen molar-refractivity contribution in [2.24, 2.45) is 0 Å². The molecule has 0 saturated carbocycles. The Hall–Kier alpha value is -1.85. The summed E-state index contributed by atoms with van der Waals surface area (Å²) in [6.07, 6.45) is 3.41. The maximum atomic E-state index is 11.8. The highest BCUT2D eigenvalue weighted by atomic mass is 16.5. The third-order valence-corrected chi connectivity index (χ3v) is 3.61. The molecule has 0 unspecified atom stereocenters. The molecule has 2 amide bonds. The maximum absolute atomic E-state index is 11.8. The molecule has 2 rings (SSSR count). The lowest BCUT2D eigenvalue weighted by atomic mass is 10.2. The summed E-state index contributed by atoms with van der Waals surface area (Å²) in [7, 11) is 0. The molecule has 6 heteroatoms. The standard InChI is InChI=1S/C14H21N3O3/c1-3-11-10(2)14(20-16-11)15-12(18)6-4-8-17-9-5-7-13(17)19/h3-9H2,1-2H3,(H,15,18). The van der Waals surface area contributed by atoms with E-state index in [0.717, 1.165) is 30.6 Å². The van der Waals surface area contributed by atoms with E-state index in [1.165, 1.54) is 0 Å². The largest absolute Gasteiger partial charge is 0.343 e. The summed E-state index contributed by atoms with van der Waals surface area (Å²) in [6.45, 7) is 5.35. The van der Waals surface area contributed by atoms with E-state index in [9.17, 15) is 9.59 Å². The number of carbonyl (C=O) groups is 2. The molecule has 2 heterocycles. The summed E-state index contributed by atoms with van der Waals surface area (Å²) in [5.41, 5.74) is 1.75. The Bertz CT molecular complexity index is 496. The van der Waals surface area contributed by atoms with Gasteiger partial charge in [0, 0.05) is 31.5 Å². The molecule has 0 radical (unpaired) electrons. The summed E-state index contributed by atoms with van der Waals surface area (Å²) in [5.74, 6) is 0.534. The number of hydrogen-bond donors (Lipinski definition) is 1. The molecule has 1 N–H and O–H groups in total. The molecule has 0 atom stereocenters. The smallest absolute Gasteiger partial charge is 0.234 e. The molecule has 0 aromatic carbocycles. The number of hydrogen-bond acceptors (Lipinski definition) is 4. The van der Waals surface area contributed by atoms with Gasteiger partial charge in [-0.3, -0.25) is 14.9 Å². The molecule has 1 saturated heterocycles. The van der Waals surface area contributed by atoms with Crippen molar-refractivity contribution in [2.75, 3.05) is 18.4 Å². The highest BCUT2D eigenvalue weighted by Crippen LogP contribution is 2.19. The summed E-state index contributed by atoms with van der Waals surface area (Å²) >= 11 is 0. The second kappa shape index (κ2) is 6.54. The van der Waals surface area contributed by atoms with Crippen molar-refractivity contribution in [1.82, 2.24) is 10.1 Å². The summed E-state index contributed by atoms with van der Waals surface area (Å²) in [4.78, 5) is 25.1. The molecular weight excluding hydrogens is 258 g/mol. The molecule has 6 nitrogen and oxygen atoms in total. The van der Waals surface area contributed by atoms with Crippen LogP contribution in [0.4, 0.5) is 5.88 Å². The van der Waals surface area contributed by atoms with Crippen molar-refractivity contribution in [2.45, 2.75) is 46.0 Å².